The normalized spacial score (nSPS) is 16.5. The summed E-state index contributed by atoms with van der Waals surface area (Å²) in [5.74, 6) is 0.775. The number of halogens is 1. The lowest BCUT2D eigenvalue weighted by atomic mass is 10.1. The van der Waals surface area contributed by atoms with Crippen molar-refractivity contribution in [2.45, 2.75) is 52.0 Å². The van der Waals surface area contributed by atoms with Crippen molar-refractivity contribution in [2.75, 3.05) is 13.2 Å². The summed E-state index contributed by atoms with van der Waals surface area (Å²) in [5.41, 5.74) is 1.57. The van der Waals surface area contributed by atoms with Crippen LogP contribution >= 0.6 is 15.9 Å². The Morgan fingerprint density at radius 1 is 1.21 bits per heavy atom. The lowest BCUT2D eigenvalue weighted by molar-refractivity contribution is 0.0125. The molecule has 0 aromatic heterocycles. The van der Waals surface area contributed by atoms with Crippen molar-refractivity contribution in [1.29, 1.82) is 0 Å². The van der Waals surface area contributed by atoms with Gasteiger partial charge in [-0.25, -0.2) is 4.79 Å². The van der Waals surface area contributed by atoms with E-state index in [1.54, 1.807) is 4.90 Å². The Bertz CT molecular complexity index is 813. The Labute approximate surface area is 181 Å². The summed E-state index contributed by atoms with van der Waals surface area (Å²) >= 11 is 3.63. The summed E-state index contributed by atoms with van der Waals surface area (Å²) in [6.07, 6.45) is 0.499. The van der Waals surface area contributed by atoms with E-state index < -0.39 is 5.60 Å². The van der Waals surface area contributed by atoms with E-state index >= 15 is 0 Å². The van der Waals surface area contributed by atoms with Crippen molar-refractivity contribution in [3.05, 3.63) is 64.1 Å². The molecule has 1 heterocycles. The van der Waals surface area contributed by atoms with Gasteiger partial charge in [0, 0.05) is 11.1 Å². The molecule has 1 unspecified atom stereocenters. The molecule has 2 aromatic carbocycles. The third-order valence-corrected chi connectivity index (χ3v) is 5.33. The molecule has 0 aliphatic carbocycles. The molecule has 3 rings (SSSR count). The minimum absolute atomic E-state index is 0.0192. The largest absolute Gasteiger partial charge is 0.489 e. The number of hydrogen-bond donors (Lipinski definition) is 0. The summed E-state index contributed by atoms with van der Waals surface area (Å²) in [7, 11) is 0. The van der Waals surface area contributed by atoms with Crippen molar-refractivity contribution in [3.8, 4) is 5.75 Å². The van der Waals surface area contributed by atoms with Gasteiger partial charge in [-0.2, -0.15) is 0 Å². The van der Waals surface area contributed by atoms with Crippen molar-refractivity contribution in [1.82, 2.24) is 4.90 Å². The zero-order chi connectivity index (χ0) is 20.9. The van der Waals surface area contributed by atoms with E-state index in [1.807, 2.05) is 69.3 Å². The molecule has 1 aliphatic heterocycles. The number of nitrogens with zero attached hydrogens (tertiary/aromatic N) is 1. The molecule has 156 valence electrons. The Hall–Kier alpha value is -2.05. The number of amides is 1. The Morgan fingerprint density at radius 3 is 2.59 bits per heavy atom. The highest BCUT2D eigenvalue weighted by molar-refractivity contribution is 9.10. The molecule has 1 atom stereocenters. The Kier molecular flexibility index (Phi) is 7.19. The van der Waals surface area contributed by atoms with Crippen LogP contribution in [0.1, 0.15) is 38.3 Å². The van der Waals surface area contributed by atoms with Crippen LogP contribution in [-0.4, -0.2) is 35.8 Å². The summed E-state index contributed by atoms with van der Waals surface area (Å²) in [6, 6.07) is 15.9. The number of carbonyl (C=O) groups is 1. The van der Waals surface area contributed by atoms with E-state index in [-0.39, 0.29) is 12.1 Å². The predicted octanol–water partition coefficient (Wildman–Crippen LogP) is 5.55. The van der Waals surface area contributed by atoms with Gasteiger partial charge >= 0.3 is 6.09 Å². The summed E-state index contributed by atoms with van der Waals surface area (Å²) in [5, 5.41) is 0. The standard InChI is InChI=1S/C23H28BrNO4/c1-23(2,3)29-22(26)25(19-11-12-27-16-19)14-18-9-10-20(13-21(18)24)28-15-17-7-5-4-6-8-17/h4-10,13,19H,11-12,14-16H2,1-3H3. The zero-order valence-corrected chi connectivity index (χ0v) is 18.8. The molecule has 6 heteroatoms. The van der Waals surface area contributed by atoms with Crippen molar-refractivity contribution in [3.63, 3.8) is 0 Å². The topological polar surface area (TPSA) is 48.0 Å². The lowest BCUT2D eigenvalue weighted by Gasteiger charge is -2.31. The van der Waals surface area contributed by atoms with Gasteiger partial charge in [0.1, 0.15) is 18.0 Å². The van der Waals surface area contributed by atoms with Gasteiger partial charge in [-0.05, 0) is 50.5 Å². The fraction of sp³-hybridized carbons (Fsp3) is 0.435. The van der Waals surface area contributed by atoms with Crippen LogP contribution in [0.15, 0.2) is 53.0 Å². The number of carbonyl (C=O) groups excluding carboxylic acids is 1. The molecule has 1 amide bonds. The molecule has 1 fully saturated rings. The lowest BCUT2D eigenvalue weighted by Crippen LogP contribution is -2.43. The van der Waals surface area contributed by atoms with E-state index in [1.165, 1.54) is 0 Å². The van der Waals surface area contributed by atoms with E-state index in [4.69, 9.17) is 14.2 Å². The molecule has 0 bridgehead atoms. The number of rotatable bonds is 6. The van der Waals surface area contributed by atoms with E-state index in [9.17, 15) is 4.79 Å². The molecule has 5 nitrogen and oxygen atoms in total. The van der Waals surface area contributed by atoms with E-state index in [2.05, 4.69) is 15.9 Å². The molecule has 0 radical (unpaired) electrons. The van der Waals surface area contributed by atoms with Gasteiger partial charge in [0.2, 0.25) is 0 Å². The minimum atomic E-state index is -0.541. The van der Waals surface area contributed by atoms with E-state index in [0.717, 1.165) is 27.8 Å². The van der Waals surface area contributed by atoms with Crippen LogP contribution in [0.3, 0.4) is 0 Å². The SMILES string of the molecule is CC(C)(C)OC(=O)N(Cc1ccc(OCc2ccccc2)cc1Br)C1CCOC1. The van der Waals surface area contributed by atoms with Gasteiger partial charge < -0.3 is 14.2 Å². The van der Waals surface area contributed by atoms with Crippen LogP contribution in [0.2, 0.25) is 0 Å². The predicted molar refractivity (Wildman–Crippen MR) is 116 cm³/mol. The summed E-state index contributed by atoms with van der Waals surface area (Å²) < 4.78 is 17.9. The fourth-order valence-electron chi connectivity index (χ4n) is 3.10. The fourth-order valence-corrected chi connectivity index (χ4v) is 3.58. The van der Waals surface area contributed by atoms with Crippen LogP contribution in [0, 0.1) is 0 Å². The maximum absolute atomic E-state index is 12.8. The van der Waals surface area contributed by atoms with Gasteiger partial charge in [-0.15, -0.1) is 0 Å². The smallest absolute Gasteiger partial charge is 0.410 e. The van der Waals surface area contributed by atoms with Crippen LogP contribution in [0.4, 0.5) is 4.79 Å². The van der Waals surface area contributed by atoms with Crippen molar-refractivity contribution < 1.29 is 19.0 Å². The van der Waals surface area contributed by atoms with Crippen LogP contribution in [0.5, 0.6) is 5.75 Å². The second-order valence-electron chi connectivity index (χ2n) is 8.15. The highest BCUT2D eigenvalue weighted by Crippen LogP contribution is 2.27. The quantitative estimate of drug-likeness (QED) is 0.565. The van der Waals surface area contributed by atoms with Crippen LogP contribution < -0.4 is 4.74 Å². The molecule has 1 saturated heterocycles. The summed E-state index contributed by atoms with van der Waals surface area (Å²) in [6.45, 7) is 7.79. The van der Waals surface area contributed by atoms with Gasteiger partial charge in [0.25, 0.3) is 0 Å². The first-order valence-corrected chi connectivity index (χ1v) is 10.6. The maximum atomic E-state index is 12.8. The Morgan fingerprint density at radius 2 is 1.97 bits per heavy atom. The molecule has 29 heavy (non-hydrogen) atoms. The van der Waals surface area contributed by atoms with Gasteiger partial charge in [0.15, 0.2) is 0 Å². The van der Waals surface area contributed by atoms with Gasteiger partial charge in [0.05, 0.1) is 19.2 Å². The van der Waals surface area contributed by atoms with Crippen molar-refractivity contribution in [2.24, 2.45) is 0 Å². The van der Waals surface area contributed by atoms with Gasteiger partial charge in [-0.1, -0.05) is 52.3 Å². The average Bonchev–Trinajstić information content (AvgIpc) is 3.19. The molecule has 0 spiro atoms. The molecular formula is C23H28BrNO4. The second kappa shape index (κ2) is 9.63. The summed E-state index contributed by atoms with van der Waals surface area (Å²) in [4.78, 5) is 14.6. The third kappa shape index (κ3) is 6.47. The molecule has 0 N–H and O–H groups in total. The first-order valence-electron chi connectivity index (χ1n) is 9.84. The highest BCUT2D eigenvalue weighted by Gasteiger charge is 2.31. The third-order valence-electron chi connectivity index (χ3n) is 4.59. The number of benzene rings is 2. The molecular weight excluding hydrogens is 434 g/mol. The molecule has 1 aliphatic rings. The first-order chi connectivity index (χ1) is 13.8. The van der Waals surface area contributed by atoms with Crippen LogP contribution in [-0.2, 0) is 22.6 Å². The van der Waals surface area contributed by atoms with E-state index in [0.29, 0.717) is 26.4 Å². The van der Waals surface area contributed by atoms with Gasteiger partial charge in [-0.3, -0.25) is 4.90 Å². The second-order valence-corrected chi connectivity index (χ2v) is 9.01. The van der Waals surface area contributed by atoms with Crippen molar-refractivity contribution >= 4 is 22.0 Å². The highest BCUT2D eigenvalue weighted by atomic mass is 79.9. The zero-order valence-electron chi connectivity index (χ0n) is 17.2. The molecule has 0 saturated carbocycles. The minimum Gasteiger partial charge on any atom is -0.489 e. The maximum Gasteiger partial charge on any atom is 0.410 e. The average molecular weight is 462 g/mol. The first kappa shape index (κ1) is 21.7. The molecule has 2 aromatic rings. The number of hydrogen-bond acceptors (Lipinski definition) is 4. The monoisotopic (exact) mass is 461 g/mol. The van der Waals surface area contributed by atoms with Crippen LogP contribution in [0.25, 0.3) is 0 Å². The Balaban J connectivity index is 1.69. The number of ether oxygens (including phenoxy) is 3.